The fourth-order valence-corrected chi connectivity index (χ4v) is 3.30. The van der Waals surface area contributed by atoms with Gasteiger partial charge >= 0.3 is 0 Å². The Morgan fingerprint density at radius 2 is 2.43 bits per heavy atom. The molecular formula is C10H21NO2S. The van der Waals surface area contributed by atoms with Crippen LogP contribution >= 0.6 is 0 Å². The predicted octanol–water partition coefficient (Wildman–Crippen LogP) is 0.770. The third-order valence-corrected chi connectivity index (χ3v) is 4.30. The summed E-state index contributed by atoms with van der Waals surface area (Å²) in [5, 5.41) is 3.26. The van der Waals surface area contributed by atoms with Gasteiger partial charge in [0.05, 0.1) is 6.61 Å². The molecule has 3 atom stereocenters. The first-order valence-electron chi connectivity index (χ1n) is 5.38. The lowest BCUT2D eigenvalue weighted by atomic mass is 10.0. The van der Waals surface area contributed by atoms with Crippen molar-refractivity contribution in [3.05, 3.63) is 0 Å². The minimum Gasteiger partial charge on any atom is -0.381 e. The highest BCUT2D eigenvalue weighted by molar-refractivity contribution is 7.85. The average molecular weight is 219 g/mol. The maximum absolute atomic E-state index is 11.6. The maximum Gasteiger partial charge on any atom is 0.0510 e. The lowest BCUT2D eigenvalue weighted by Crippen LogP contribution is -2.39. The Balaban J connectivity index is 2.33. The van der Waals surface area contributed by atoms with E-state index in [2.05, 4.69) is 12.2 Å². The average Bonchev–Trinajstić information content (AvgIpc) is 2.67. The van der Waals surface area contributed by atoms with Crippen LogP contribution in [0.5, 0.6) is 0 Å². The first-order valence-corrected chi connectivity index (χ1v) is 6.86. The molecule has 3 nitrogen and oxygen atoms in total. The first kappa shape index (κ1) is 12.1. The van der Waals surface area contributed by atoms with Crippen molar-refractivity contribution in [2.75, 3.05) is 31.8 Å². The molecule has 1 aliphatic heterocycles. The van der Waals surface area contributed by atoms with Gasteiger partial charge in [-0.2, -0.15) is 0 Å². The molecule has 1 fully saturated rings. The Labute approximate surface area is 89.1 Å². The van der Waals surface area contributed by atoms with E-state index in [9.17, 15) is 4.21 Å². The highest BCUT2D eigenvalue weighted by Crippen LogP contribution is 2.17. The summed E-state index contributed by atoms with van der Waals surface area (Å²) >= 11 is 0. The minimum atomic E-state index is -0.664. The molecule has 1 N–H and O–H groups in total. The Kier molecular flexibility index (Phi) is 5.67. The van der Waals surface area contributed by atoms with Crippen LogP contribution in [0.1, 0.15) is 19.8 Å². The molecular weight excluding hydrogens is 198 g/mol. The Hall–Kier alpha value is 0.0700. The summed E-state index contributed by atoms with van der Waals surface area (Å²) < 4.78 is 16.9. The standard InChI is InChI=1S/C10H21NO2S/c1-3-6-14(12)8-10(11-2)9-4-5-13-7-9/h9-11H,3-8H2,1-2H3. The maximum atomic E-state index is 11.6. The predicted molar refractivity (Wildman–Crippen MR) is 59.9 cm³/mol. The van der Waals surface area contributed by atoms with Crippen molar-refractivity contribution in [2.24, 2.45) is 5.92 Å². The molecule has 4 heteroatoms. The minimum absolute atomic E-state index is 0.366. The molecule has 14 heavy (non-hydrogen) atoms. The van der Waals surface area contributed by atoms with Crippen LogP contribution in [0.4, 0.5) is 0 Å². The highest BCUT2D eigenvalue weighted by atomic mass is 32.2. The van der Waals surface area contributed by atoms with Crippen molar-refractivity contribution in [3.8, 4) is 0 Å². The van der Waals surface area contributed by atoms with Gasteiger partial charge in [0.25, 0.3) is 0 Å². The van der Waals surface area contributed by atoms with E-state index < -0.39 is 10.8 Å². The molecule has 0 aromatic rings. The third kappa shape index (κ3) is 3.67. The molecule has 1 rings (SSSR count). The third-order valence-electron chi connectivity index (χ3n) is 2.70. The summed E-state index contributed by atoms with van der Waals surface area (Å²) in [6.45, 7) is 3.77. The van der Waals surface area contributed by atoms with Gasteiger partial charge in [0.2, 0.25) is 0 Å². The van der Waals surface area contributed by atoms with Crippen LogP contribution in [0.2, 0.25) is 0 Å². The zero-order valence-electron chi connectivity index (χ0n) is 9.12. The van der Waals surface area contributed by atoms with E-state index in [1.165, 1.54) is 0 Å². The highest BCUT2D eigenvalue weighted by Gasteiger charge is 2.25. The van der Waals surface area contributed by atoms with Gasteiger partial charge in [0.1, 0.15) is 0 Å². The number of ether oxygens (including phenoxy) is 1. The van der Waals surface area contributed by atoms with Crippen LogP contribution in [0.25, 0.3) is 0 Å². The van der Waals surface area contributed by atoms with Crippen molar-refractivity contribution in [2.45, 2.75) is 25.8 Å². The second kappa shape index (κ2) is 6.53. The summed E-state index contributed by atoms with van der Waals surface area (Å²) in [6.07, 6.45) is 2.11. The van der Waals surface area contributed by atoms with E-state index in [1.807, 2.05) is 7.05 Å². The molecule has 84 valence electrons. The topological polar surface area (TPSA) is 38.3 Å². The number of rotatable bonds is 6. The molecule has 3 unspecified atom stereocenters. The van der Waals surface area contributed by atoms with Crippen molar-refractivity contribution < 1.29 is 8.95 Å². The fourth-order valence-electron chi connectivity index (χ4n) is 1.84. The van der Waals surface area contributed by atoms with Crippen molar-refractivity contribution in [3.63, 3.8) is 0 Å². The van der Waals surface area contributed by atoms with Crippen molar-refractivity contribution in [1.82, 2.24) is 5.32 Å². The summed E-state index contributed by atoms with van der Waals surface area (Å²) in [7, 11) is 1.29. The van der Waals surface area contributed by atoms with Gasteiger partial charge in [-0.05, 0) is 19.9 Å². The molecule has 0 radical (unpaired) electrons. The van der Waals surface area contributed by atoms with Gasteiger partial charge in [-0.1, -0.05) is 6.92 Å². The molecule has 0 saturated carbocycles. The summed E-state index contributed by atoms with van der Waals surface area (Å²) in [5.41, 5.74) is 0. The first-order chi connectivity index (χ1) is 6.77. The fraction of sp³-hybridized carbons (Fsp3) is 1.00. The van der Waals surface area contributed by atoms with Gasteiger partial charge < -0.3 is 10.1 Å². The monoisotopic (exact) mass is 219 g/mol. The Morgan fingerprint density at radius 3 is 2.93 bits per heavy atom. The van der Waals surface area contributed by atoms with Gasteiger partial charge in [0, 0.05) is 40.9 Å². The van der Waals surface area contributed by atoms with Crippen LogP contribution in [0.3, 0.4) is 0 Å². The molecule has 1 aliphatic rings. The molecule has 0 aliphatic carbocycles. The van der Waals surface area contributed by atoms with Crippen molar-refractivity contribution in [1.29, 1.82) is 0 Å². The number of hydrogen-bond donors (Lipinski definition) is 1. The molecule has 1 saturated heterocycles. The summed E-state index contributed by atoms with van der Waals surface area (Å²) in [6, 6.07) is 0.366. The van der Waals surface area contributed by atoms with Gasteiger partial charge in [-0.3, -0.25) is 4.21 Å². The van der Waals surface area contributed by atoms with E-state index in [4.69, 9.17) is 4.74 Å². The number of hydrogen-bond acceptors (Lipinski definition) is 3. The van der Waals surface area contributed by atoms with E-state index in [-0.39, 0.29) is 0 Å². The SMILES string of the molecule is CCCS(=O)CC(NC)C1CCOC1. The smallest absolute Gasteiger partial charge is 0.0510 e. The van der Waals surface area contributed by atoms with Crippen LogP contribution in [-0.2, 0) is 15.5 Å². The molecule has 0 aromatic carbocycles. The van der Waals surface area contributed by atoms with Crippen LogP contribution in [-0.4, -0.2) is 42.0 Å². The lowest BCUT2D eigenvalue weighted by Gasteiger charge is -2.21. The quantitative estimate of drug-likeness (QED) is 0.717. The Morgan fingerprint density at radius 1 is 1.64 bits per heavy atom. The summed E-state index contributed by atoms with van der Waals surface area (Å²) in [5.74, 6) is 2.16. The number of nitrogens with one attached hydrogen (secondary N) is 1. The van der Waals surface area contributed by atoms with Crippen molar-refractivity contribution >= 4 is 10.8 Å². The Bertz CT molecular complexity index is 181. The molecule has 0 spiro atoms. The van der Waals surface area contributed by atoms with Crippen LogP contribution in [0.15, 0.2) is 0 Å². The molecule has 0 bridgehead atoms. The van der Waals surface area contributed by atoms with Crippen LogP contribution in [0, 0.1) is 5.92 Å². The van der Waals surface area contributed by atoms with Gasteiger partial charge in [0.15, 0.2) is 0 Å². The van der Waals surface area contributed by atoms with Crippen LogP contribution < -0.4 is 5.32 Å². The molecule has 0 aromatic heterocycles. The van der Waals surface area contributed by atoms with Gasteiger partial charge in [-0.25, -0.2) is 0 Å². The zero-order chi connectivity index (χ0) is 10.4. The molecule has 1 heterocycles. The molecule has 0 amide bonds. The van der Waals surface area contributed by atoms with E-state index in [0.717, 1.165) is 37.6 Å². The largest absolute Gasteiger partial charge is 0.381 e. The second-order valence-electron chi connectivity index (χ2n) is 3.83. The summed E-state index contributed by atoms with van der Waals surface area (Å²) in [4.78, 5) is 0. The van der Waals surface area contributed by atoms with Gasteiger partial charge in [-0.15, -0.1) is 0 Å². The van der Waals surface area contributed by atoms with E-state index >= 15 is 0 Å². The zero-order valence-corrected chi connectivity index (χ0v) is 9.94. The van der Waals surface area contributed by atoms with E-state index in [1.54, 1.807) is 0 Å². The lowest BCUT2D eigenvalue weighted by molar-refractivity contribution is 0.179. The second-order valence-corrected chi connectivity index (χ2v) is 5.45. The van der Waals surface area contributed by atoms with E-state index in [0.29, 0.717) is 12.0 Å². The normalized spacial score (nSPS) is 26.3.